The number of rotatable bonds is 3. The number of hydrogen-bond acceptors (Lipinski definition) is 4. The summed E-state index contributed by atoms with van der Waals surface area (Å²) in [5.74, 6) is -0.883. The van der Waals surface area contributed by atoms with E-state index in [0.29, 0.717) is 11.1 Å². The van der Waals surface area contributed by atoms with E-state index in [0.717, 1.165) is 0 Å². The molecular formula is C13H12N2O3. The zero-order valence-corrected chi connectivity index (χ0v) is 10.1. The molecule has 18 heavy (non-hydrogen) atoms. The van der Waals surface area contributed by atoms with Gasteiger partial charge in [0.05, 0.1) is 12.7 Å². The van der Waals surface area contributed by atoms with E-state index in [1.807, 2.05) is 6.07 Å². The Balaban J connectivity index is 2.99. The predicted octanol–water partition coefficient (Wildman–Crippen LogP) is 1.13. The number of nitriles is 1. The summed E-state index contributed by atoms with van der Waals surface area (Å²) in [6.45, 7) is 0. The van der Waals surface area contributed by atoms with E-state index >= 15 is 0 Å². The van der Waals surface area contributed by atoms with Crippen LogP contribution in [0.2, 0.25) is 0 Å². The molecule has 0 heterocycles. The van der Waals surface area contributed by atoms with Crippen LogP contribution >= 0.6 is 0 Å². The molecule has 1 aromatic carbocycles. The average Bonchev–Trinajstić information content (AvgIpc) is 2.43. The minimum Gasteiger partial charge on any atom is -0.465 e. The van der Waals surface area contributed by atoms with Crippen molar-refractivity contribution in [3.63, 3.8) is 0 Å². The number of methoxy groups -OCH3 is 1. The summed E-state index contributed by atoms with van der Waals surface area (Å²) in [6, 6.07) is 8.20. The summed E-state index contributed by atoms with van der Waals surface area (Å²) in [6.07, 6.45) is 1.44. The van der Waals surface area contributed by atoms with Gasteiger partial charge in [-0.2, -0.15) is 5.26 Å². The number of carbonyl (C=O) groups is 2. The lowest BCUT2D eigenvalue weighted by atomic mass is 10.1. The van der Waals surface area contributed by atoms with Crippen LogP contribution in [0.25, 0.3) is 6.08 Å². The van der Waals surface area contributed by atoms with Gasteiger partial charge in [0, 0.05) is 7.05 Å². The number of hydrogen-bond donors (Lipinski definition) is 1. The van der Waals surface area contributed by atoms with Crippen LogP contribution in [0.15, 0.2) is 29.8 Å². The molecule has 0 bridgehead atoms. The summed E-state index contributed by atoms with van der Waals surface area (Å²) in [5.41, 5.74) is 1.07. The highest BCUT2D eigenvalue weighted by molar-refractivity contribution is 6.01. The summed E-state index contributed by atoms with van der Waals surface area (Å²) >= 11 is 0. The Hall–Kier alpha value is -2.61. The first-order valence-corrected chi connectivity index (χ1v) is 5.14. The molecule has 0 aliphatic heterocycles. The van der Waals surface area contributed by atoms with E-state index in [1.54, 1.807) is 24.3 Å². The molecular weight excluding hydrogens is 232 g/mol. The molecule has 1 rings (SSSR count). The smallest absolute Gasteiger partial charge is 0.337 e. The number of likely N-dealkylation sites (N-methyl/N-ethyl adjacent to an activating group) is 1. The summed E-state index contributed by atoms with van der Waals surface area (Å²) in [7, 11) is 2.75. The SMILES string of the molecule is CNC(=O)/C(C#N)=C/c1ccc(C(=O)OC)cc1. The van der Waals surface area contributed by atoms with Gasteiger partial charge in [0.1, 0.15) is 11.6 Å². The van der Waals surface area contributed by atoms with Crippen LogP contribution in [0.5, 0.6) is 0 Å². The molecule has 1 N–H and O–H groups in total. The van der Waals surface area contributed by atoms with Crippen molar-refractivity contribution in [2.45, 2.75) is 0 Å². The Morgan fingerprint density at radius 3 is 2.39 bits per heavy atom. The van der Waals surface area contributed by atoms with E-state index in [2.05, 4.69) is 10.1 Å². The van der Waals surface area contributed by atoms with Gasteiger partial charge < -0.3 is 10.1 Å². The molecule has 0 fully saturated rings. The van der Waals surface area contributed by atoms with E-state index in [9.17, 15) is 9.59 Å². The van der Waals surface area contributed by atoms with E-state index in [4.69, 9.17) is 5.26 Å². The zero-order valence-electron chi connectivity index (χ0n) is 10.1. The quantitative estimate of drug-likeness (QED) is 0.491. The maximum absolute atomic E-state index is 11.3. The van der Waals surface area contributed by atoms with Gasteiger partial charge in [-0.3, -0.25) is 4.79 Å². The van der Waals surface area contributed by atoms with Crippen LogP contribution in [0, 0.1) is 11.3 Å². The van der Waals surface area contributed by atoms with Gasteiger partial charge in [-0.25, -0.2) is 4.79 Å². The van der Waals surface area contributed by atoms with Crippen LogP contribution in [0.4, 0.5) is 0 Å². The van der Waals surface area contributed by atoms with Gasteiger partial charge in [-0.15, -0.1) is 0 Å². The van der Waals surface area contributed by atoms with Crippen LogP contribution < -0.4 is 5.32 Å². The fraction of sp³-hybridized carbons (Fsp3) is 0.154. The normalized spacial score (nSPS) is 10.4. The van der Waals surface area contributed by atoms with Crippen LogP contribution in [-0.4, -0.2) is 26.0 Å². The van der Waals surface area contributed by atoms with E-state index in [-0.39, 0.29) is 5.57 Å². The molecule has 5 nitrogen and oxygen atoms in total. The van der Waals surface area contributed by atoms with Gasteiger partial charge in [0.25, 0.3) is 5.91 Å². The van der Waals surface area contributed by atoms with Crippen LogP contribution in [0.3, 0.4) is 0 Å². The van der Waals surface area contributed by atoms with Gasteiger partial charge in [0.2, 0.25) is 0 Å². The molecule has 0 spiro atoms. The van der Waals surface area contributed by atoms with Crippen molar-refractivity contribution in [3.8, 4) is 6.07 Å². The average molecular weight is 244 g/mol. The molecule has 0 saturated heterocycles. The van der Waals surface area contributed by atoms with Gasteiger partial charge in [-0.05, 0) is 23.8 Å². The molecule has 1 amide bonds. The van der Waals surface area contributed by atoms with Crippen LogP contribution in [0.1, 0.15) is 15.9 Å². The lowest BCUT2D eigenvalue weighted by molar-refractivity contribution is -0.116. The number of esters is 1. The Bertz CT molecular complexity index is 524. The Morgan fingerprint density at radius 1 is 1.33 bits per heavy atom. The number of amides is 1. The zero-order chi connectivity index (χ0) is 13.5. The number of nitrogens with zero attached hydrogens (tertiary/aromatic N) is 1. The first-order chi connectivity index (χ1) is 8.62. The second-order valence-corrected chi connectivity index (χ2v) is 3.36. The van der Waals surface area contributed by atoms with Crippen molar-refractivity contribution in [2.75, 3.05) is 14.2 Å². The Morgan fingerprint density at radius 2 is 1.94 bits per heavy atom. The molecule has 0 saturated carbocycles. The van der Waals surface area contributed by atoms with E-state index < -0.39 is 11.9 Å². The molecule has 0 atom stereocenters. The van der Waals surface area contributed by atoms with E-state index in [1.165, 1.54) is 20.2 Å². The molecule has 1 aromatic rings. The Labute approximate surface area is 105 Å². The third-order valence-electron chi connectivity index (χ3n) is 2.23. The summed E-state index contributed by atoms with van der Waals surface area (Å²) in [5, 5.41) is 11.2. The predicted molar refractivity (Wildman–Crippen MR) is 65.4 cm³/mol. The first kappa shape index (κ1) is 13.5. The maximum atomic E-state index is 11.3. The van der Waals surface area contributed by atoms with Crippen molar-refractivity contribution >= 4 is 18.0 Å². The second-order valence-electron chi connectivity index (χ2n) is 3.36. The van der Waals surface area contributed by atoms with Gasteiger partial charge in [0.15, 0.2) is 0 Å². The molecule has 0 aliphatic carbocycles. The second kappa shape index (κ2) is 6.21. The molecule has 0 aromatic heterocycles. The highest BCUT2D eigenvalue weighted by atomic mass is 16.5. The fourth-order valence-corrected chi connectivity index (χ4v) is 1.28. The van der Waals surface area contributed by atoms with Crippen molar-refractivity contribution < 1.29 is 14.3 Å². The highest BCUT2D eigenvalue weighted by Crippen LogP contribution is 2.09. The lowest BCUT2D eigenvalue weighted by Gasteiger charge is -2.00. The molecule has 0 radical (unpaired) electrons. The third kappa shape index (κ3) is 3.19. The minimum absolute atomic E-state index is 0.00307. The largest absolute Gasteiger partial charge is 0.465 e. The first-order valence-electron chi connectivity index (χ1n) is 5.14. The molecule has 0 aliphatic rings. The number of ether oxygens (including phenoxy) is 1. The number of carbonyl (C=O) groups excluding carboxylic acids is 2. The van der Waals surface area contributed by atoms with Crippen molar-refractivity contribution in [3.05, 3.63) is 41.0 Å². The summed E-state index contributed by atoms with van der Waals surface area (Å²) < 4.78 is 4.56. The van der Waals surface area contributed by atoms with Gasteiger partial charge in [-0.1, -0.05) is 12.1 Å². The third-order valence-corrected chi connectivity index (χ3v) is 2.23. The van der Waals surface area contributed by atoms with Crippen molar-refractivity contribution in [2.24, 2.45) is 0 Å². The number of nitrogens with one attached hydrogen (secondary N) is 1. The maximum Gasteiger partial charge on any atom is 0.337 e. The number of benzene rings is 1. The molecule has 0 unspecified atom stereocenters. The minimum atomic E-state index is -0.449. The molecule has 5 heteroatoms. The molecule has 92 valence electrons. The summed E-state index contributed by atoms with van der Waals surface area (Å²) in [4.78, 5) is 22.5. The fourth-order valence-electron chi connectivity index (χ4n) is 1.28. The van der Waals surface area contributed by atoms with Gasteiger partial charge >= 0.3 is 5.97 Å². The van der Waals surface area contributed by atoms with Crippen molar-refractivity contribution in [1.29, 1.82) is 5.26 Å². The Kier molecular flexibility index (Phi) is 4.64. The highest BCUT2D eigenvalue weighted by Gasteiger charge is 2.07. The lowest BCUT2D eigenvalue weighted by Crippen LogP contribution is -2.19. The topological polar surface area (TPSA) is 79.2 Å². The van der Waals surface area contributed by atoms with Crippen LogP contribution in [-0.2, 0) is 9.53 Å². The standard InChI is InChI=1S/C13H12N2O3/c1-15-12(16)11(8-14)7-9-3-5-10(6-4-9)13(17)18-2/h3-7H,1-2H3,(H,15,16)/b11-7+. The van der Waals surface area contributed by atoms with Crippen molar-refractivity contribution in [1.82, 2.24) is 5.32 Å². The monoisotopic (exact) mass is 244 g/mol.